The SMILES string of the molecule is O=C(O)C[C@@H](NC(=O)c1cc(F)c(F)cc1Cl)C(=O)O. The van der Waals surface area contributed by atoms with E-state index in [4.69, 9.17) is 21.8 Å². The third-order valence-electron chi connectivity index (χ3n) is 2.24. The van der Waals surface area contributed by atoms with Gasteiger partial charge >= 0.3 is 11.9 Å². The molecule has 0 heterocycles. The van der Waals surface area contributed by atoms with Gasteiger partial charge < -0.3 is 15.5 Å². The van der Waals surface area contributed by atoms with Crippen molar-refractivity contribution in [2.24, 2.45) is 0 Å². The van der Waals surface area contributed by atoms with Crippen LogP contribution in [-0.2, 0) is 9.59 Å². The van der Waals surface area contributed by atoms with Gasteiger partial charge in [0.25, 0.3) is 5.91 Å². The monoisotopic (exact) mass is 307 g/mol. The maximum absolute atomic E-state index is 13.0. The summed E-state index contributed by atoms with van der Waals surface area (Å²) in [6.45, 7) is 0. The highest BCUT2D eigenvalue weighted by Gasteiger charge is 2.25. The Morgan fingerprint density at radius 2 is 1.75 bits per heavy atom. The van der Waals surface area contributed by atoms with E-state index in [0.717, 1.165) is 0 Å². The molecule has 1 aromatic carbocycles. The Kier molecular flexibility index (Phi) is 4.98. The fraction of sp³-hybridized carbons (Fsp3) is 0.182. The van der Waals surface area contributed by atoms with E-state index in [1.165, 1.54) is 0 Å². The number of carboxylic acid groups (broad SMARTS) is 2. The molecule has 0 fully saturated rings. The summed E-state index contributed by atoms with van der Waals surface area (Å²) in [5, 5.41) is 18.7. The normalized spacial score (nSPS) is 11.8. The molecular weight excluding hydrogens is 300 g/mol. The molecule has 0 aromatic heterocycles. The van der Waals surface area contributed by atoms with Crippen LogP contribution < -0.4 is 5.32 Å². The van der Waals surface area contributed by atoms with E-state index in [-0.39, 0.29) is 0 Å². The van der Waals surface area contributed by atoms with Crippen molar-refractivity contribution in [1.82, 2.24) is 5.32 Å². The highest BCUT2D eigenvalue weighted by molar-refractivity contribution is 6.33. The molecule has 108 valence electrons. The van der Waals surface area contributed by atoms with Crippen LogP contribution >= 0.6 is 11.6 Å². The molecule has 0 saturated carbocycles. The molecule has 0 unspecified atom stereocenters. The summed E-state index contributed by atoms with van der Waals surface area (Å²) in [7, 11) is 0. The van der Waals surface area contributed by atoms with Crippen LogP contribution in [0.1, 0.15) is 16.8 Å². The smallest absolute Gasteiger partial charge is 0.326 e. The number of aliphatic carboxylic acids is 2. The largest absolute Gasteiger partial charge is 0.481 e. The van der Waals surface area contributed by atoms with Gasteiger partial charge in [-0.3, -0.25) is 9.59 Å². The van der Waals surface area contributed by atoms with Crippen LogP contribution in [-0.4, -0.2) is 34.1 Å². The van der Waals surface area contributed by atoms with E-state index < -0.39 is 52.5 Å². The second-order valence-electron chi connectivity index (χ2n) is 3.71. The second-order valence-corrected chi connectivity index (χ2v) is 4.12. The number of benzene rings is 1. The number of rotatable bonds is 5. The molecule has 20 heavy (non-hydrogen) atoms. The van der Waals surface area contributed by atoms with Crippen molar-refractivity contribution in [1.29, 1.82) is 0 Å². The lowest BCUT2D eigenvalue weighted by molar-refractivity contribution is -0.145. The van der Waals surface area contributed by atoms with Gasteiger partial charge in [0.15, 0.2) is 11.6 Å². The van der Waals surface area contributed by atoms with Crippen LogP contribution in [0.4, 0.5) is 8.78 Å². The van der Waals surface area contributed by atoms with E-state index in [1.807, 2.05) is 5.32 Å². The first kappa shape index (κ1) is 15.8. The first-order chi connectivity index (χ1) is 9.22. The molecule has 0 aliphatic carbocycles. The van der Waals surface area contributed by atoms with Crippen LogP contribution in [0.3, 0.4) is 0 Å². The molecule has 3 N–H and O–H groups in total. The zero-order valence-electron chi connectivity index (χ0n) is 9.69. The fourth-order valence-electron chi connectivity index (χ4n) is 1.31. The van der Waals surface area contributed by atoms with E-state index in [0.29, 0.717) is 12.1 Å². The third-order valence-corrected chi connectivity index (χ3v) is 2.55. The Bertz CT molecular complexity index is 578. The molecular formula is C11H8ClF2NO5. The summed E-state index contributed by atoms with van der Waals surface area (Å²) in [4.78, 5) is 32.9. The minimum absolute atomic E-state index is 0.430. The van der Waals surface area contributed by atoms with E-state index in [1.54, 1.807) is 0 Å². The number of carbonyl (C=O) groups is 3. The number of halogens is 3. The summed E-state index contributed by atoms with van der Waals surface area (Å²) >= 11 is 5.53. The highest BCUT2D eigenvalue weighted by Crippen LogP contribution is 2.20. The van der Waals surface area contributed by atoms with Crippen molar-refractivity contribution in [3.8, 4) is 0 Å². The molecule has 0 spiro atoms. The molecule has 1 rings (SSSR count). The lowest BCUT2D eigenvalue weighted by Gasteiger charge is -2.13. The quantitative estimate of drug-likeness (QED) is 0.711. The van der Waals surface area contributed by atoms with Crippen molar-refractivity contribution < 1.29 is 33.4 Å². The van der Waals surface area contributed by atoms with Gasteiger partial charge in [-0.25, -0.2) is 13.6 Å². The van der Waals surface area contributed by atoms with Crippen LogP contribution in [0, 0.1) is 11.6 Å². The predicted molar refractivity (Wildman–Crippen MR) is 62.5 cm³/mol. The maximum atomic E-state index is 13.0. The van der Waals surface area contributed by atoms with Gasteiger partial charge in [-0.1, -0.05) is 11.6 Å². The first-order valence-corrected chi connectivity index (χ1v) is 5.50. The summed E-state index contributed by atoms with van der Waals surface area (Å²) in [6, 6.07) is -0.671. The van der Waals surface area contributed by atoms with Gasteiger partial charge in [0.1, 0.15) is 6.04 Å². The van der Waals surface area contributed by atoms with Gasteiger partial charge in [-0.05, 0) is 12.1 Å². The number of amides is 1. The Balaban J connectivity index is 2.97. The van der Waals surface area contributed by atoms with E-state index in [2.05, 4.69) is 0 Å². The molecule has 0 aliphatic rings. The Labute approximate surface area is 116 Å². The van der Waals surface area contributed by atoms with Crippen molar-refractivity contribution in [2.45, 2.75) is 12.5 Å². The fourth-order valence-corrected chi connectivity index (χ4v) is 1.54. The van der Waals surface area contributed by atoms with Crippen molar-refractivity contribution in [3.05, 3.63) is 34.4 Å². The van der Waals surface area contributed by atoms with Gasteiger partial charge in [0.05, 0.1) is 17.0 Å². The Morgan fingerprint density at radius 1 is 1.20 bits per heavy atom. The van der Waals surface area contributed by atoms with Crippen LogP contribution in [0.2, 0.25) is 5.02 Å². The van der Waals surface area contributed by atoms with Gasteiger partial charge in [0.2, 0.25) is 0 Å². The molecule has 0 radical (unpaired) electrons. The second kappa shape index (κ2) is 6.29. The molecule has 6 nitrogen and oxygen atoms in total. The summed E-state index contributed by atoms with van der Waals surface area (Å²) in [5.74, 6) is -6.77. The average molecular weight is 308 g/mol. The topological polar surface area (TPSA) is 104 Å². The predicted octanol–water partition coefficient (Wildman–Crippen LogP) is 1.28. The number of nitrogens with one attached hydrogen (secondary N) is 1. The number of carboxylic acids is 2. The van der Waals surface area contributed by atoms with Crippen LogP contribution in [0.15, 0.2) is 12.1 Å². The Hall–Kier alpha value is -2.22. The third kappa shape index (κ3) is 3.89. The zero-order chi connectivity index (χ0) is 15.4. The van der Waals surface area contributed by atoms with Crippen LogP contribution in [0.25, 0.3) is 0 Å². The molecule has 1 aromatic rings. The van der Waals surface area contributed by atoms with Gasteiger partial charge in [0, 0.05) is 0 Å². The summed E-state index contributed by atoms with van der Waals surface area (Å²) < 4.78 is 25.8. The van der Waals surface area contributed by atoms with Gasteiger partial charge in [-0.15, -0.1) is 0 Å². The number of hydrogen-bond donors (Lipinski definition) is 3. The average Bonchev–Trinajstić information content (AvgIpc) is 2.32. The standard InChI is InChI=1S/C11H8ClF2NO5/c12-5-2-7(14)6(13)1-4(5)10(18)15-8(11(19)20)3-9(16)17/h1-2,8H,3H2,(H,15,18)(H,16,17)(H,19,20)/t8-/m1/s1. The molecule has 9 heteroatoms. The zero-order valence-corrected chi connectivity index (χ0v) is 10.4. The molecule has 1 amide bonds. The lowest BCUT2D eigenvalue weighted by atomic mass is 10.1. The number of hydrogen-bond acceptors (Lipinski definition) is 3. The first-order valence-electron chi connectivity index (χ1n) is 5.12. The molecule has 1 atom stereocenters. The summed E-state index contributed by atoms with van der Waals surface area (Å²) in [5.41, 5.74) is -0.498. The summed E-state index contributed by atoms with van der Waals surface area (Å²) in [6.07, 6.45) is -0.873. The van der Waals surface area contributed by atoms with Gasteiger partial charge in [-0.2, -0.15) is 0 Å². The Morgan fingerprint density at radius 3 is 2.25 bits per heavy atom. The molecule has 0 saturated heterocycles. The van der Waals surface area contributed by atoms with Crippen LogP contribution in [0.5, 0.6) is 0 Å². The molecule has 0 bridgehead atoms. The van der Waals surface area contributed by atoms with E-state index >= 15 is 0 Å². The van der Waals surface area contributed by atoms with E-state index in [9.17, 15) is 23.2 Å². The number of carbonyl (C=O) groups excluding carboxylic acids is 1. The maximum Gasteiger partial charge on any atom is 0.326 e. The lowest BCUT2D eigenvalue weighted by Crippen LogP contribution is -2.42. The molecule has 0 aliphatic heterocycles. The minimum atomic E-state index is -1.72. The van der Waals surface area contributed by atoms with Crippen molar-refractivity contribution in [2.75, 3.05) is 0 Å². The highest BCUT2D eigenvalue weighted by atomic mass is 35.5. The van der Waals surface area contributed by atoms with Crippen molar-refractivity contribution in [3.63, 3.8) is 0 Å². The minimum Gasteiger partial charge on any atom is -0.481 e. The van der Waals surface area contributed by atoms with Crippen molar-refractivity contribution >= 4 is 29.4 Å².